The summed E-state index contributed by atoms with van der Waals surface area (Å²) < 4.78 is 15.5. The topological polar surface area (TPSA) is 66.4 Å². The number of carbonyl (C=O) groups excluding carboxylic acids is 2. The highest BCUT2D eigenvalue weighted by Crippen LogP contribution is 2.17. The van der Waals surface area contributed by atoms with Gasteiger partial charge in [-0.1, -0.05) is 6.07 Å². The van der Waals surface area contributed by atoms with Gasteiger partial charge in [-0.05, 0) is 50.8 Å². The minimum atomic E-state index is -0.826. The third-order valence-corrected chi connectivity index (χ3v) is 4.04. The van der Waals surface area contributed by atoms with Gasteiger partial charge in [0.2, 0.25) is 0 Å². The first kappa shape index (κ1) is 18.7. The van der Waals surface area contributed by atoms with E-state index >= 15 is 0 Å². The third-order valence-electron chi connectivity index (χ3n) is 4.04. The molecule has 2 rings (SSSR count). The number of carbonyl (C=O) groups is 2. The van der Waals surface area contributed by atoms with Gasteiger partial charge in [-0.2, -0.15) is 0 Å². The van der Waals surface area contributed by atoms with Crippen LogP contribution in [0.2, 0.25) is 0 Å². The molecule has 0 saturated carbocycles. The van der Waals surface area contributed by atoms with Crippen molar-refractivity contribution < 1.29 is 14.0 Å². The van der Waals surface area contributed by atoms with Gasteiger partial charge in [0.15, 0.2) is 0 Å². The molecule has 2 N–H and O–H groups in total. The Morgan fingerprint density at radius 1 is 1.24 bits per heavy atom. The van der Waals surface area contributed by atoms with Crippen molar-refractivity contribution >= 4 is 17.5 Å². The molecule has 1 aromatic carbocycles. The molecule has 0 radical (unpaired) electrons. The summed E-state index contributed by atoms with van der Waals surface area (Å²) in [7, 11) is 5.73. The number of benzene rings is 1. The number of halogens is 1. The summed E-state index contributed by atoms with van der Waals surface area (Å²) in [6.07, 6.45) is 1.92. The SMILES string of the molecule is Cc1ccc(NC(=O)C(=O)NC[C@@H](c2cccn2C)N(C)C)cc1F. The highest BCUT2D eigenvalue weighted by atomic mass is 19.1. The quantitative estimate of drug-likeness (QED) is 0.812. The molecule has 0 aliphatic carbocycles. The molecule has 0 saturated heterocycles. The second-order valence-electron chi connectivity index (χ2n) is 6.15. The first-order valence-electron chi connectivity index (χ1n) is 7.92. The molecule has 0 fully saturated rings. The number of nitrogens with one attached hydrogen (secondary N) is 2. The zero-order valence-corrected chi connectivity index (χ0v) is 14.8. The lowest BCUT2D eigenvalue weighted by Gasteiger charge is -2.25. The molecule has 0 unspecified atom stereocenters. The second-order valence-corrected chi connectivity index (χ2v) is 6.15. The zero-order valence-electron chi connectivity index (χ0n) is 14.8. The summed E-state index contributed by atoms with van der Waals surface area (Å²) in [6, 6.07) is 8.09. The van der Waals surface area contributed by atoms with Crippen molar-refractivity contribution in [3.63, 3.8) is 0 Å². The van der Waals surface area contributed by atoms with Crippen molar-refractivity contribution in [1.82, 2.24) is 14.8 Å². The molecule has 6 nitrogen and oxygen atoms in total. The maximum atomic E-state index is 13.5. The molecule has 25 heavy (non-hydrogen) atoms. The van der Waals surface area contributed by atoms with Gasteiger partial charge in [0.05, 0.1) is 6.04 Å². The fourth-order valence-electron chi connectivity index (χ4n) is 2.50. The summed E-state index contributed by atoms with van der Waals surface area (Å²) in [4.78, 5) is 26.0. The van der Waals surface area contributed by atoms with Crippen LogP contribution in [0.15, 0.2) is 36.5 Å². The number of amides is 2. The molecule has 0 bridgehead atoms. The highest BCUT2D eigenvalue weighted by Gasteiger charge is 2.20. The number of aromatic nitrogens is 1. The van der Waals surface area contributed by atoms with Crippen LogP contribution in [0.5, 0.6) is 0 Å². The molecule has 0 spiro atoms. The summed E-state index contributed by atoms with van der Waals surface area (Å²) in [5, 5.41) is 5.02. The van der Waals surface area contributed by atoms with Crippen molar-refractivity contribution in [1.29, 1.82) is 0 Å². The van der Waals surface area contributed by atoms with Crippen molar-refractivity contribution in [3.05, 3.63) is 53.6 Å². The summed E-state index contributed by atoms with van der Waals surface area (Å²) in [6.45, 7) is 1.90. The Kier molecular flexibility index (Phi) is 5.93. The summed E-state index contributed by atoms with van der Waals surface area (Å²) >= 11 is 0. The Hall–Kier alpha value is -2.67. The smallest absolute Gasteiger partial charge is 0.313 e. The molecular formula is C18H23FN4O2. The summed E-state index contributed by atoms with van der Waals surface area (Å²) in [5.41, 5.74) is 1.74. The van der Waals surface area contributed by atoms with Crippen LogP contribution in [-0.4, -0.2) is 41.9 Å². The van der Waals surface area contributed by atoms with E-state index in [9.17, 15) is 14.0 Å². The molecule has 0 aliphatic heterocycles. The van der Waals surface area contributed by atoms with Crippen molar-refractivity contribution in [3.8, 4) is 0 Å². The molecular weight excluding hydrogens is 323 g/mol. The monoisotopic (exact) mass is 346 g/mol. The molecule has 2 aromatic rings. The maximum absolute atomic E-state index is 13.5. The van der Waals surface area contributed by atoms with E-state index in [0.29, 0.717) is 5.56 Å². The van der Waals surface area contributed by atoms with E-state index in [1.54, 1.807) is 19.1 Å². The van der Waals surface area contributed by atoms with Crippen LogP contribution in [0.25, 0.3) is 0 Å². The van der Waals surface area contributed by atoms with Gasteiger partial charge in [-0.3, -0.25) is 14.5 Å². The molecule has 7 heteroatoms. The van der Waals surface area contributed by atoms with Gasteiger partial charge < -0.3 is 15.2 Å². The maximum Gasteiger partial charge on any atom is 0.313 e. The van der Waals surface area contributed by atoms with Gasteiger partial charge in [0.25, 0.3) is 0 Å². The lowest BCUT2D eigenvalue weighted by molar-refractivity contribution is -0.136. The van der Waals surface area contributed by atoms with Gasteiger partial charge in [0, 0.05) is 31.2 Å². The average molecular weight is 346 g/mol. The van der Waals surface area contributed by atoms with Crippen molar-refractivity contribution in [2.24, 2.45) is 7.05 Å². The predicted octanol–water partition coefficient (Wildman–Crippen LogP) is 1.83. The van der Waals surface area contributed by atoms with Gasteiger partial charge in [0.1, 0.15) is 5.82 Å². The van der Waals surface area contributed by atoms with Crippen LogP contribution in [0.1, 0.15) is 17.3 Å². The number of nitrogens with zero attached hydrogens (tertiary/aromatic N) is 2. The predicted molar refractivity (Wildman–Crippen MR) is 94.6 cm³/mol. The standard InChI is InChI=1S/C18H23FN4O2/c1-12-7-8-13(10-14(12)19)21-18(25)17(24)20-11-16(22(2)3)15-6-5-9-23(15)4/h5-10,16H,11H2,1-4H3,(H,20,24)(H,21,25)/t16-/m0/s1. The van der Waals surface area contributed by atoms with Gasteiger partial charge in [-0.25, -0.2) is 4.39 Å². The van der Waals surface area contributed by atoms with Crippen LogP contribution in [0.3, 0.4) is 0 Å². The first-order chi connectivity index (χ1) is 11.8. The van der Waals surface area contributed by atoms with E-state index in [1.165, 1.54) is 6.07 Å². The second kappa shape index (κ2) is 7.94. The van der Waals surface area contributed by atoms with Crippen LogP contribution < -0.4 is 10.6 Å². The number of anilines is 1. The lowest BCUT2D eigenvalue weighted by Crippen LogP contribution is -2.40. The Labute approximate surface area is 146 Å². The molecule has 1 atom stereocenters. The minimum absolute atomic E-state index is 0.0754. The van der Waals surface area contributed by atoms with E-state index in [0.717, 1.165) is 5.69 Å². The Morgan fingerprint density at radius 3 is 2.52 bits per heavy atom. The fraction of sp³-hybridized carbons (Fsp3) is 0.333. The zero-order chi connectivity index (χ0) is 18.6. The molecule has 0 aliphatic rings. The van der Waals surface area contributed by atoms with Crippen LogP contribution >= 0.6 is 0 Å². The average Bonchev–Trinajstić information content (AvgIpc) is 2.96. The number of hydrogen-bond donors (Lipinski definition) is 2. The number of aryl methyl sites for hydroxylation is 2. The van der Waals surface area contributed by atoms with E-state index in [1.807, 2.05) is 48.9 Å². The van der Waals surface area contributed by atoms with Gasteiger partial charge >= 0.3 is 11.8 Å². The molecule has 1 aromatic heterocycles. The van der Waals surface area contributed by atoms with Crippen molar-refractivity contribution in [2.75, 3.05) is 26.0 Å². The van der Waals surface area contributed by atoms with E-state index in [2.05, 4.69) is 10.6 Å². The number of likely N-dealkylation sites (N-methyl/N-ethyl adjacent to an activating group) is 1. The van der Waals surface area contributed by atoms with Gasteiger partial charge in [-0.15, -0.1) is 0 Å². The van der Waals surface area contributed by atoms with E-state index < -0.39 is 17.6 Å². The van der Waals surface area contributed by atoms with Crippen LogP contribution in [-0.2, 0) is 16.6 Å². The van der Waals surface area contributed by atoms with E-state index in [-0.39, 0.29) is 18.3 Å². The van der Waals surface area contributed by atoms with Crippen LogP contribution in [0.4, 0.5) is 10.1 Å². The Balaban J connectivity index is 1.97. The normalized spacial score (nSPS) is 12.1. The largest absolute Gasteiger partial charge is 0.353 e. The lowest BCUT2D eigenvalue weighted by atomic mass is 10.2. The molecule has 2 amide bonds. The number of rotatable bonds is 5. The first-order valence-corrected chi connectivity index (χ1v) is 7.92. The third kappa shape index (κ3) is 4.67. The van der Waals surface area contributed by atoms with E-state index in [4.69, 9.17) is 0 Å². The Morgan fingerprint density at radius 2 is 1.96 bits per heavy atom. The Bertz CT molecular complexity index is 770. The molecule has 1 heterocycles. The van der Waals surface area contributed by atoms with Crippen molar-refractivity contribution in [2.45, 2.75) is 13.0 Å². The number of hydrogen-bond acceptors (Lipinski definition) is 3. The summed E-state index contributed by atoms with van der Waals surface area (Å²) in [5.74, 6) is -2.02. The van der Waals surface area contributed by atoms with Crippen LogP contribution in [0, 0.1) is 12.7 Å². The highest BCUT2D eigenvalue weighted by molar-refractivity contribution is 6.39. The molecule has 134 valence electrons. The minimum Gasteiger partial charge on any atom is -0.353 e. The fourth-order valence-corrected chi connectivity index (χ4v) is 2.50.